The van der Waals surface area contributed by atoms with Crippen molar-refractivity contribution in [2.75, 3.05) is 19.7 Å². The summed E-state index contributed by atoms with van der Waals surface area (Å²) in [5, 5.41) is 3.14. The number of guanidine groups is 1. The standard InChI is InChI=1S/C15H29N3O.HI/c16-15(18-12-13-6-5-7-13)17-10-11-19-14-8-3-1-2-4-9-14;/h13-14H,1-12H2,(H3,16,17,18);1H. The quantitative estimate of drug-likeness (QED) is 0.239. The molecule has 0 saturated heterocycles. The number of nitrogens with zero attached hydrogens (tertiary/aromatic N) is 1. The monoisotopic (exact) mass is 395 g/mol. The number of nitrogens with two attached hydrogens (primary N) is 1. The van der Waals surface area contributed by atoms with Crippen LogP contribution in [0.4, 0.5) is 0 Å². The number of nitrogens with one attached hydrogen (secondary N) is 1. The summed E-state index contributed by atoms with van der Waals surface area (Å²) >= 11 is 0. The number of ether oxygens (including phenoxy) is 1. The molecular formula is C15H30IN3O. The van der Waals surface area contributed by atoms with E-state index in [1.54, 1.807) is 0 Å². The molecule has 20 heavy (non-hydrogen) atoms. The Bertz CT molecular complexity index is 274. The molecule has 2 aliphatic rings. The fourth-order valence-corrected chi connectivity index (χ4v) is 2.77. The zero-order valence-corrected chi connectivity index (χ0v) is 14.8. The first-order chi connectivity index (χ1) is 9.34. The van der Waals surface area contributed by atoms with E-state index in [0.29, 0.717) is 12.1 Å². The Morgan fingerprint density at radius 2 is 1.75 bits per heavy atom. The largest absolute Gasteiger partial charge is 0.376 e. The van der Waals surface area contributed by atoms with Gasteiger partial charge in [0, 0.05) is 13.1 Å². The van der Waals surface area contributed by atoms with Crippen molar-refractivity contribution >= 4 is 29.9 Å². The molecule has 0 radical (unpaired) electrons. The first-order valence-electron chi connectivity index (χ1n) is 8.00. The van der Waals surface area contributed by atoms with E-state index in [9.17, 15) is 0 Å². The molecule has 0 spiro atoms. The van der Waals surface area contributed by atoms with E-state index >= 15 is 0 Å². The molecule has 4 nitrogen and oxygen atoms in total. The molecule has 0 unspecified atom stereocenters. The van der Waals surface area contributed by atoms with Crippen molar-refractivity contribution in [1.29, 1.82) is 0 Å². The third-order valence-electron chi connectivity index (χ3n) is 4.31. The van der Waals surface area contributed by atoms with E-state index in [1.165, 1.54) is 57.8 Å². The highest BCUT2D eigenvalue weighted by Crippen LogP contribution is 2.26. The summed E-state index contributed by atoms with van der Waals surface area (Å²) in [4.78, 5) is 4.37. The fourth-order valence-electron chi connectivity index (χ4n) is 2.77. The predicted octanol–water partition coefficient (Wildman–Crippen LogP) is 3.05. The maximum absolute atomic E-state index is 5.90. The number of hydrogen-bond acceptors (Lipinski definition) is 2. The maximum atomic E-state index is 5.90. The van der Waals surface area contributed by atoms with Crippen LogP contribution in [0.5, 0.6) is 0 Å². The predicted molar refractivity (Wildman–Crippen MR) is 94.7 cm³/mol. The lowest BCUT2D eigenvalue weighted by atomic mass is 9.86. The first-order valence-corrected chi connectivity index (χ1v) is 8.00. The summed E-state index contributed by atoms with van der Waals surface area (Å²) < 4.78 is 5.90. The molecule has 0 aromatic heterocycles. The topological polar surface area (TPSA) is 59.6 Å². The minimum Gasteiger partial charge on any atom is -0.376 e. The third kappa shape index (κ3) is 7.11. The average molecular weight is 395 g/mol. The smallest absolute Gasteiger partial charge is 0.188 e. The molecule has 2 saturated carbocycles. The number of hydrogen-bond donors (Lipinski definition) is 2. The van der Waals surface area contributed by atoms with Crippen LogP contribution in [0.3, 0.4) is 0 Å². The summed E-state index contributed by atoms with van der Waals surface area (Å²) in [6, 6.07) is 0. The highest BCUT2D eigenvalue weighted by molar-refractivity contribution is 14.0. The summed E-state index contributed by atoms with van der Waals surface area (Å²) in [6.45, 7) is 2.41. The van der Waals surface area contributed by atoms with E-state index < -0.39 is 0 Å². The Labute approximate surface area is 140 Å². The first kappa shape index (κ1) is 18.0. The fraction of sp³-hybridized carbons (Fsp3) is 0.933. The van der Waals surface area contributed by atoms with Crippen molar-refractivity contribution in [3.05, 3.63) is 0 Å². The van der Waals surface area contributed by atoms with Crippen LogP contribution >= 0.6 is 24.0 Å². The summed E-state index contributed by atoms with van der Waals surface area (Å²) in [5.41, 5.74) is 5.83. The molecule has 2 aliphatic carbocycles. The van der Waals surface area contributed by atoms with E-state index in [0.717, 1.165) is 25.6 Å². The van der Waals surface area contributed by atoms with Crippen LogP contribution in [0.25, 0.3) is 0 Å². The van der Waals surface area contributed by atoms with Crippen LogP contribution < -0.4 is 11.1 Å². The van der Waals surface area contributed by atoms with Crippen molar-refractivity contribution in [3.63, 3.8) is 0 Å². The van der Waals surface area contributed by atoms with Gasteiger partial charge in [0.2, 0.25) is 0 Å². The zero-order valence-electron chi connectivity index (χ0n) is 12.5. The van der Waals surface area contributed by atoms with E-state index in [2.05, 4.69) is 10.3 Å². The van der Waals surface area contributed by atoms with Crippen LogP contribution in [-0.4, -0.2) is 31.8 Å². The highest BCUT2D eigenvalue weighted by atomic mass is 127. The molecule has 118 valence electrons. The minimum atomic E-state index is 0. The lowest BCUT2D eigenvalue weighted by Gasteiger charge is -2.23. The SMILES string of the molecule is I.NC(=NCC1CCC1)NCCOC1CCCCCC1. The maximum Gasteiger partial charge on any atom is 0.188 e. The van der Waals surface area contributed by atoms with Crippen molar-refractivity contribution in [2.24, 2.45) is 16.6 Å². The molecule has 5 heteroatoms. The molecule has 2 rings (SSSR count). The number of aliphatic imine (C=N–C) groups is 1. The van der Waals surface area contributed by atoms with Gasteiger partial charge in [0.05, 0.1) is 12.7 Å². The Hall–Kier alpha value is -0.0400. The average Bonchev–Trinajstić information content (AvgIpc) is 2.61. The lowest BCUT2D eigenvalue weighted by molar-refractivity contribution is 0.0468. The van der Waals surface area contributed by atoms with Crippen LogP contribution in [0.2, 0.25) is 0 Å². The van der Waals surface area contributed by atoms with Gasteiger partial charge in [-0.2, -0.15) is 0 Å². The van der Waals surface area contributed by atoms with Gasteiger partial charge in [-0.05, 0) is 31.6 Å². The molecule has 0 aliphatic heterocycles. The number of halogens is 1. The van der Waals surface area contributed by atoms with Gasteiger partial charge in [-0.1, -0.05) is 32.1 Å². The highest BCUT2D eigenvalue weighted by Gasteiger charge is 2.16. The molecule has 3 N–H and O–H groups in total. The van der Waals surface area contributed by atoms with E-state index in [-0.39, 0.29) is 24.0 Å². The van der Waals surface area contributed by atoms with E-state index in [1.807, 2.05) is 0 Å². The molecule has 0 aromatic rings. The third-order valence-corrected chi connectivity index (χ3v) is 4.31. The van der Waals surface area contributed by atoms with Gasteiger partial charge >= 0.3 is 0 Å². The van der Waals surface area contributed by atoms with Crippen LogP contribution in [-0.2, 0) is 4.74 Å². The Kier molecular flexibility index (Phi) is 9.59. The molecule has 0 aromatic carbocycles. The zero-order chi connectivity index (χ0) is 13.3. The minimum absolute atomic E-state index is 0. The van der Waals surface area contributed by atoms with Gasteiger partial charge in [-0.15, -0.1) is 24.0 Å². The second-order valence-electron chi connectivity index (χ2n) is 5.93. The summed E-state index contributed by atoms with van der Waals surface area (Å²) in [6.07, 6.45) is 12.3. The van der Waals surface area contributed by atoms with Crippen molar-refractivity contribution in [2.45, 2.75) is 63.9 Å². The Morgan fingerprint density at radius 1 is 1.05 bits per heavy atom. The van der Waals surface area contributed by atoms with Gasteiger partial charge in [0.25, 0.3) is 0 Å². The molecular weight excluding hydrogens is 365 g/mol. The van der Waals surface area contributed by atoms with Crippen LogP contribution in [0, 0.1) is 5.92 Å². The van der Waals surface area contributed by atoms with Crippen molar-refractivity contribution < 1.29 is 4.74 Å². The van der Waals surface area contributed by atoms with Gasteiger partial charge in [-0.25, -0.2) is 0 Å². The van der Waals surface area contributed by atoms with Gasteiger partial charge in [0.15, 0.2) is 5.96 Å². The number of rotatable bonds is 6. The van der Waals surface area contributed by atoms with Gasteiger partial charge in [-0.3, -0.25) is 4.99 Å². The molecule has 0 amide bonds. The molecule has 0 atom stereocenters. The van der Waals surface area contributed by atoms with Crippen molar-refractivity contribution in [1.82, 2.24) is 5.32 Å². The van der Waals surface area contributed by atoms with Gasteiger partial charge < -0.3 is 15.8 Å². The van der Waals surface area contributed by atoms with Crippen LogP contribution in [0.15, 0.2) is 4.99 Å². The summed E-state index contributed by atoms with van der Waals surface area (Å²) in [5.74, 6) is 1.36. The second kappa shape index (κ2) is 10.7. The van der Waals surface area contributed by atoms with E-state index in [4.69, 9.17) is 10.5 Å². The Morgan fingerprint density at radius 3 is 2.35 bits per heavy atom. The lowest BCUT2D eigenvalue weighted by Crippen LogP contribution is -2.35. The molecule has 0 bridgehead atoms. The normalized spacial score (nSPS) is 21.7. The Balaban J connectivity index is 0.00000200. The second-order valence-corrected chi connectivity index (χ2v) is 5.93. The molecule has 2 fully saturated rings. The van der Waals surface area contributed by atoms with Crippen molar-refractivity contribution in [3.8, 4) is 0 Å². The summed E-state index contributed by atoms with van der Waals surface area (Å²) in [7, 11) is 0. The molecule has 0 heterocycles. The van der Waals surface area contributed by atoms with Gasteiger partial charge in [0.1, 0.15) is 0 Å². The van der Waals surface area contributed by atoms with Crippen LogP contribution in [0.1, 0.15) is 57.8 Å².